The van der Waals surface area contributed by atoms with E-state index in [0.717, 1.165) is 31.0 Å². The minimum Gasteiger partial charge on any atom is -0.494 e. The molecular weight excluding hydrogens is 254 g/mol. The van der Waals surface area contributed by atoms with Gasteiger partial charge in [-0.05, 0) is 44.0 Å². The Morgan fingerprint density at radius 1 is 1.50 bits per heavy atom. The van der Waals surface area contributed by atoms with Gasteiger partial charge in [0, 0.05) is 12.6 Å². The number of ether oxygens (including phenoxy) is 2. The number of aliphatic hydroxyl groups excluding tert-OH is 1. The van der Waals surface area contributed by atoms with E-state index < -0.39 is 6.10 Å². The van der Waals surface area contributed by atoms with Crippen molar-refractivity contribution in [1.82, 2.24) is 4.90 Å². The molecule has 0 amide bonds. The maximum absolute atomic E-state index is 10.6. The lowest BCUT2D eigenvalue weighted by Crippen LogP contribution is -2.48. The summed E-state index contributed by atoms with van der Waals surface area (Å²) >= 11 is 0. The number of morpholine rings is 1. The second-order valence-corrected chi connectivity index (χ2v) is 5.61. The molecule has 0 saturated carbocycles. The standard InChI is InChI=1S/C16H23NO3/c1-2-19-14-7-3-5-12(9-14)16(18)15-10-17-8-4-6-13(17)11-20-15/h3,5,7,9,13,15-16,18H,2,4,6,8,10-11H2,1H3. The van der Waals surface area contributed by atoms with E-state index in [9.17, 15) is 5.11 Å². The Kier molecular flexibility index (Phi) is 4.24. The van der Waals surface area contributed by atoms with Crippen LogP contribution in [-0.4, -0.2) is 48.5 Å². The van der Waals surface area contributed by atoms with Crippen LogP contribution < -0.4 is 4.74 Å². The highest BCUT2D eigenvalue weighted by molar-refractivity contribution is 5.30. The van der Waals surface area contributed by atoms with Gasteiger partial charge in [0.1, 0.15) is 18.0 Å². The number of rotatable bonds is 4. The molecule has 1 aromatic carbocycles. The molecule has 2 saturated heterocycles. The maximum atomic E-state index is 10.6. The van der Waals surface area contributed by atoms with Gasteiger partial charge in [0.05, 0.1) is 13.2 Å². The van der Waals surface area contributed by atoms with Crippen molar-refractivity contribution in [1.29, 1.82) is 0 Å². The van der Waals surface area contributed by atoms with Crippen LogP contribution in [-0.2, 0) is 4.74 Å². The average Bonchev–Trinajstić information content (AvgIpc) is 2.94. The monoisotopic (exact) mass is 277 g/mol. The summed E-state index contributed by atoms with van der Waals surface area (Å²) in [5.74, 6) is 0.805. The summed E-state index contributed by atoms with van der Waals surface area (Å²) in [5.41, 5.74) is 0.874. The van der Waals surface area contributed by atoms with E-state index >= 15 is 0 Å². The predicted molar refractivity (Wildman–Crippen MR) is 76.9 cm³/mol. The number of hydrogen-bond acceptors (Lipinski definition) is 4. The van der Waals surface area contributed by atoms with E-state index in [1.807, 2.05) is 31.2 Å². The van der Waals surface area contributed by atoms with Gasteiger partial charge in [0.25, 0.3) is 0 Å². The number of hydrogen-bond donors (Lipinski definition) is 1. The lowest BCUT2D eigenvalue weighted by Gasteiger charge is -2.37. The molecule has 0 radical (unpaired) electrons. The van der Waals surface area contributed by atoms with E-state index in [-0.39, 0.29) is 6.10 Å². The van der Waals surface area contributed by atoms with Crippen LogP contribution in [0.4, 0.5) is 0 Å². The molecule has 1 N–H and O–H groups in total. The average molecular weight is 277 g/mol. The number of aliphatic hydroxyl groups is 1. The summed E-state index contributed by atoms with van der Waals surface area (Å²) in [7, 11) is 0. The van der Waals surface area contributed by atoms with Gasteiger partial charge >= 0.3 is 0 Å². The SMILES string of the molecule is CCOc1cccc(C(O)C2CN3CCCC3CO2)c1. The number of fused-ring (bicyclic) bond motifs is 1. The van der Waals surface area contributed by atoms with Crippen LogP contribution in [0.15, 0.2) is 24.3 Å². The first-order valence-corrected chi connectivity index (χ1v) is 7.54. The predicted octanol–water partition coefficient (Wildman–Crippen LogP) is 1.98. The summed E-state index contributed by atoms with van der Waals surface area (Å²) in [5, 5.41) is 10.6. The van der Waals surface area contributed by atoms with E-state index in [1.165, 1.54) is 12.8 Å². The molecule has 4 nitrogen and oxygen atoms in total. The van der Waals surface area contributed by atoms with E-state index in [0.29, 0.717) is 12.6 Å². The van der Waals surface area contributed by atoms with Crippen LogP contribution in [0.5, 0.6) is 5.75 Å². The van der Waals surface area contributed by atoms with Crippen LogP contribution in [0.1, 0.15) is 31.4 Å². The summed E-state index contributed by atoms with van der Waals surface area (Å²) in [6.07, 6.45) is 1.75. The van der Waals surface area contributed by atoms with Crippen molar-refractivity contribution in [2.45, 2.75) is 38.0 Å². The molecule has 20 heavy (non-hydrogen) atoms. The molecule has 2 fully saturated rings. The van der Waals surface area contributed by atoms with E-state index in [1.54, 1.807) is 0 Å². The first kappa shape index (κ1) is 13.9. The Morgan fingerprint density at radius 2 is 2.40 bits per heavy atom. The highest BCUT2D eigenvalue weighted by Crippen LogP contribution is 2.29. The quantitative estimate of drug-likeness (QED) is 0.914. The summed E-state index contributed by atoms with van der Waals surface area (Å²) in [4.78, 5) is 2.45. The molecule has 3 rings (SSSR count). The van der Waals surface area contributed by atoms with Crippen LogP contribution in [0.2, 0.25) is 0 Å². The van der Waals surface area contributed by atoms with Crippen molar-refractivity contribution in [2.75, 3.05) is 26.3 Å². The van der Waals surface area contributed by atoms with Crippen molar-refractivity contribution >= 4 is 0 Å². The normalized spacial score (nSPS) is 28.1. The lowest BCUT2D eigenvalue weighted by atomic mass is 10.0. The molecule has 110 valence electrons. The maximum Gasteiger partial charge on any atom is 0.119 e. The van der Waals surface area contributed by atoms with Crippen LogP contribution in [0.3, 0.4) is 0 Å². The van der Waals surface area contributed by atoms with Gasteiger partial charge in [-0.25, -0.2) is 0 Å². The van der Waals surface area contributed by atoms with Gasteiger partial charge in [-0.1, -0.05) is 12.1 Å². The Bertz CT molecular complexity index is 451. The van der Waals surface area contributed by atoms with E-state index in [2.05, 4.69) is 4.90 Å². The van der Waals surface area contributed by atoms with Crippen LogP contribution in [0.25, 0.3) is 0 Å². The molecule has 0 aliphatic carbocycles. The Morgan fingerprint density at radius 3 is 3.25 bits per heavy atom. The topological polar surface area (TPSA) is 41.9 Å². The smallest absolute Gasteiger partial charge is 0.119 e. The van der Waals surface area contributed by atoms with Crippen molar-refractivity contribution in [3.63, 3.8) is 0 Å². The van der Waals surface area contributed by atoms with Crippen molar-refractivity contribution in [3.8, 4) is 5.75 Å². The first-order valence-electron chi connectivity index (χ1n) is 7.54. The van der Waals surface area contributed by atoms with Crippen molar-refractivity contribution < 1.29 is 14.6 Å². The van der Waals surface area contributed by atoms with Gasteiger partial charge in [0.2, 0.25) is 0 Å². The fourth-order valence-electron chi connectivity index (χ4n) is 3.20. The fourth-order valence-corrected chi connectivity index (χ4v) is 3.20. The Labute approximate surface area is 120 Å². The molecule has 1 aromatic rings. The minimum absolute atomic E-state index is 0.138. The van der Waals surface area contributed by atoms with Gasteiger partial charge in [-0.3, -0.25) is 4.90 Å². The summed E-state index contributed by atoms with van der Waals surface area (Å²) in [6, 6.07) is 8.25. The van der Waals surface area contributed by atoms with Gasteiger partial charge < -0.3 is 14.6 Å². The van der Waals surface area contributed by atoms with Gasteiger partial charge in [0.15, 0.2) is 0 Å². The minimum atomic E-state index is -0.586. The molecule has 2 aliphatic heterocycles. The number of benzene rings is 1. The molecule has 0 spiro atoms. The summed E-state index contributed by atoms with van der Waals surface area (Å²) < 4.78 is 11.4. The lowest BCUT2D eigenvalue weighted by molar-refractivity contribution is -0.103. The Balaban J connectivity index is 1.68. The summed E-state index contributed by atoms with van der Waals surface area (Å²) in [6.45, 7) is 5.30. The molecule has 2 aliphatic rings. The van der Waals surface area contributed by atoms with Crippen LogP contribution >= 0.6 is 0 Å². The van der Waals surface area contributed by atoms with Gasteiger partial charge in [-0.15, -0.1) is 0 Å². The highest BCUT2D eigenvalue weighted by atomic mass is 16.5. The van der Waals surface area contributed by atoms with E-state index in [4.69, 9.17) is 9.47 Å². The zero-order valence-corrected chi connectivity index (χ0v) is 12.0. The third-order valence-corrected chi connectivity index (χ3v) is 4.28. The van der Waals surface area contributed by atoms with Crippen molar-refractivity contribution in [2.24, 2.45) is 0 Å². The molecule has 0 aromatic heterocycles. The molecule has 4 heteroatoms. The highest BCUT2D eigenvalue weighted by Gasteiger charge is 2.35. The molecule has 0 bridgehead atoms. The molecule has 2 heterocycles. The third-order valence-electron chi connectivity index (χ3n) is 4.28. The number of nitrogens with zero attached hydrogens (tertiary/aromatic N) is 1. The van der Waals surface area contributed by atoms with Crippen molar-refractivity contribution in [3.05, 3.63) is 29.8 Å². The zero-order valence-electron chi connectivity index (χ0n) is 12.0. The fraction of sp³-hybridized carbons (Fsp3) is 0.625. The van der Waals surface area contributed by atoms with Gasteiger partial charge in [-0.2, -0.15) is 0 Å². The zero-order chi connectivity index (χ0) is 13.9. The largest absolute Gasteiger partial charge is 0.494 e. The third kappa shape index (κ3) is 2.82. The second kappa shape index (κ2) is 6.12. The molecule has 3 unspecified atom stereocenters. The second-order valence-electron chi connectivity index (χ2n) is 5.61. The first-order chi connectivity index (χ1) is 9.78. The Hall–Kier alpha value is -1.10. The molecule has 3 atom stereocenters. The van der Waals surface area contributed by atoms with Crippen LogP contribution in [0, 0.1) is 0 Å². The molecular formula is C16H23NO3.